The zero-order valence-electron chi connectivity index (χ0n) is 10.1. The van der Waals surface area contributed by atoms with Crippen molar-refractivity contribution in [2.75, 3.05) is 5.32 Å². The lowest BCUT2D eigenvalue weighted by Gasteiger charge is -2.05. The number of aromatic amines is 1. The third kappa shape index (κ3) is 2.88. The largest absolute Gasteiger partial charge is 0.508 e. The number of hydrogen-bond acceptors (Lipinski definition) is 3. The van der Waals surface area contributed by atoms with E-state index in [-0.39, 0.29) is 18.1 Å². The summed E-state index contributed by atoms with van der Waals surface area (Å²) < 4.78 is 0. The standard InChI is InChI=1S/C13H15N3O2/c1-2-10-8-14-16-13(10)15-12(18)7-9-3-5-11(17)6-4-9/h3-6,8,17H,2,7H2,1H3,(H2,14,15,16,18). The van der Waals surface area contributed by atoms with E-state index in [4.69, 9.17) is 5.11 Å². The van der Waals surface area contributed by atoms with Gasteiger partial charge in [0.15, 0.2) is 0 Å². The van der Waals surface area contributed by atoms with Crippen molar-refractivity contribution in [3.63, 3.8) is 0 Å². The van der Waals surface area contributed by atoms with Gasteiger partial charge in [-0.15, -0.1) is 0 Å². The van der Waals surface area contributed by atoms with Gasteiger partial charge in [0.05, 0.1) is 12.6 Å². The Morgan fingerprint density at radius 2 is 2.11 bits per heavy atom. The molecule has 94 valence electrons. The van der Waals surface area contributed by atoms with E-state index in [9.17, 15) is 4.79 Å². The van der Waals surface area contributed by atoms with Gasteiger partial charge in [-0.3, -0.25) is 9.89 Å². The predicted octanol–water partition coefficient (Wildman–Crippen LogP) is 1.86. The first-order valence-electron chi connectivity index (χ1n) is 5.79. The van der Waals surface area contributed by atoms with Crippen molar-refractivity contribution in [1.29, 1.82) is 0 Å². The van der Waals surface area contributed by atoms with Gasteiger partial charge in [0.2, 0.25) is 5.91 Å². The van der Waals surface area contributed by atoms with Crippen LogP contribution in [0.4, 0.5) is 5.82 Å². The Morgan fingerprint density at radius 1 is 1.39 bits per heavy atom. The molecule has 0 spiro atoms. The number of amides is 1. The van der Waals surface area contributed by atoms with Crippen LogP contribution in [-0.2, 0) is 17.6 Å². The Morgan fingerprint density at radius 3 is 2.78 bits per heavy atom. The highest BCUT2D eigenvalue weighted by molar-refractivity contribution is 5.91. The molecule has 1 aromatic heterocycles. The number of H-pyrrole nitrogens is 1. The van der Waals surface area contributed by atoms with Gasteiger partial charge in [0, 0.05) is 5.56 Å². The lowest BCUT2D eigenvalue weighted by atomic mass is 10.1. The number of carbonyl (C=O) groups excluding carboxylic acids is 1. The number of phenols is 1. The second-order valence-electron chi connectivity index (χ2n) is 4.02. The Bertz CT molecular complexity index is 531. The van der Waals surface area contributed by atoms with E-state index in [0.717, 1.165) is 17.5 Å². The number of phenolic OH excluding ortho intramolecular Hbond substituents is 1. The highest BCUT2D eigenvalue weighted by Gasteiger charge is 2.08. The number of anilines is 1. The maximum atomic E-state index is 11.8. The van der Waals surface area contributed by atoms with Gasteiger partial charge in [0.25, 0.3) is 0 Å². The number of aromatic nitrogens is 2. The zero-order chi connectivity index (χ0) is 13.0. The quantitative estimate of drug-likeness (QED) is 0.769. The summed E-state index contributed by atoms with van der Waals surface area (Å²) in [6, 6.07) is 6.58. The minimum atomic E-state index is -0.111. The molecular weight excluding hydrogens is 230 g/mol. The molecule has 0 bridgehead atoms. The molecule has 0 saturated carbocycles. The van der Waals surface area contributed by atoms with Gasteiger partial charge < -0.3 is 10.4 Å². The van der Waals surface area contributed by atoms with Gasteiger partial charge in [-0.1, -0.05) is 19.1 Å². The monoisotopic (exact) mass is 245 g/mol. The van der Waals surface area contributed by atoms with Crippen LogP contribution in [-0.4, -0.2) is 21.2 Å². The first kappa shape index (κ1) is 12.2. The van der Waals surface area contributed by atoms with E-state index in [2.05, 4.69) is 15.5 Å². The van der Waals surface area contributed by atoms with Crippen LogP contribution < -0.4 is 5.32 Å². The van der Waals surface area contributed by atoms with E-state index in [1.54, 1.807) is 30.5 Å². The summed E-state index contributed by atoms with van der Waals surface area (Å²) >= 11 is 0. The molecule has 3 N–H and O–H groups in total. The third-order valence-corrected chi connectivity index (χ3v) is 2.66. The number of rotatable bonds is 4. The van der Waals surface area contributed by atoms with Crippen molar-refractivity contribution in [3.05, 3.63) is 41.6 Å². The number of benzene rings is 1. The number of hydrogen-bond donors (Lipinski definition) is 3. The van der Waals surface area contributed by atoms with Crippen LogP contribution in [0.25, 0.3) is 0 Å². The zero-order valence-corrected chi connectivity index (χ0v) is 10.1. The summed E-state index contributed by atoms with van der Waals surface area (Å²) in [5.74, 6) is 0.738. The van der Waals surface area contributed by atoms with Crippen LogP contribution in [0, 0.1) is 0 Å². The summed E-state index contributed by atoms with van der Waals surface area (Å²) in [5, 5.41) is 18.6. The average Bonchev–Trinajstić information content (AvgIpc) is 2.79. The molecule has 1 amide bonds. The molecule has 2 aromatic rings. The molecule has 0 aliphatic rings. The molecule has 0 aliphatic carbocycles. The number of nitrogens with one attached hydrogen (secondary N) is 2. The number of aromatic hydroxyl groups is 1. The summed E-state index contributed by atoms with van der Waals surface area (Å²) in [4.78, 5) is 11.8. The lowest BCUT2D eigenvalue weighted by Crippen LogP contribution is -2.15. The van der Waals surface area contributed by atoms with Crippen LogP contribution in [0.5, 0.6) is 5.75 Å². The fraction of sp³-hybridized carbons (Fsp3) is 0.231. The molecule has 0 saturated heterocycles. The Labute approximate surface area is 105 Å². The van der Waals surface area contributed by atoms with Crippen molar-refractivity contribution in [3.8, 4) is 5.75 Å². The van der Waals surface area contributed by atoms with E-state index in [1.165, 1.54) is 0 Å². The lowest BCUT2D eigenvalue weighted by molar-refractivity contribution is -0.115. The van der Waals surface area contributed by atoms with Gasteiger partial charge in [-0.2, -0.15) is 5.10 Å². The van der Waals surface area contributed by atoms with Crippen molar-refractivity contribution in [1.82, 2.24) is 10.2 Å². The van der Waals surface area contributed by atoms with Crippen molar-refractivity contribution in [2.45, 2.75) is 19.8 Å². The molecule has 5 nitrogen and oxygen atoms in total. The molecule has 0 fully saturated rings. The molecule has 0 unspecified atom stereocenters. The molecule has 1 aromatic carbocycles. The fourth-order valence-electron chi connectivity index (χ4n) is 1.67. The topological polar surface area (TPSA) is 78.0 Å². The minimum Gasteiger partial charge on any atom is -0.508 e. The Kier molecular flexibility index (Phi) is 3.62. The molecule has 0 radical (unpaired) electrons. The summed E-state index contributed by atoms with van der Waals surface area (Å²) in [6.45, 7) is 2.00. The fourth-order valence-corrected chi connectivity index (χ4v) is 1.67. The first-order valence-corrected chi connectivity index (χ1v) is 5.79. The van der Waals surface area contributed by atoms with Gasteiger partial charge in [0.1, 0.15) is 11.6 Å². The summed E-state index contributed by atoms with van der Waals surface area (Å²) in [5.41, 5.74) is 1.83. The minimum absolute atomic E-state index is 0.111. The predicted molar refractivity (Wildman–Crippen MR) is 68.4 cm³/mol. The Balaban J connectivity index is 1.99. The third-order valence-electron chi connectivity index (χ3n) is 2.66. The van der Waals surface area contributed by atoms with Gasteiger partial charge in [-0.25, -0.2) is 0 Å². The Hall–Kier alpha value is -2.30. The SMILES string of the molecule is CCc1cn[nH]c1NC(=O)Cc1ccc(O)cc1. The van der Waals surface area contributed by atoms with E-state index >= 15 is 0 Å². The molecule has 0 aliphatic heterocycles. The van der Waals surface area contributed by atoms with E-state index in [1.807, 2.05) is 6.92 Å². The maximum Gasteiger partial charge on any atom is 0.229 e. The van der Waals surface area contributed by atoms with Crippen LogP contribution in [0.3, 0.4) is 0 Å². The number of carbonyl (C=O) groups is 1. The number of aryl methyl sites for hydroxylation is 1. The van der Waals surface area contributed by atoms with Crippen molar-refractivity contribution in [2.24, 2.45) is 0 Å². The van der Waals surface area contributed by atoms with Crippen LogP contribution >= 0.6 is 0 Å². The van der Waals surface area contributed by atoms with Crippen molar-refractivity contribution < 1.29 is 9.90 Å². The second-order valence-corrected chi connectivity index (χ2v) is 4.02. The summed E-state index contributed by atoms with van der Waals surface area (Å²) in [6.07, 6.45) is 2.78. The summed E-state index contributed by atoms with van der Waals surface area (Å²) in [7, 11) is 0. The van der Waals surface area contributed by atoms with Gasteiger partial charge in [-0.05, 0) is 24.1 Å². The van der Waals surface area contributed by atoms with Crippen LogP contribution in [0.15, 0.2) is 30.5 Å². The second kappa shape index (κ2) is 5.35. The normalized spacial score (nSPS) is 10.3. The molecule has 1 heterocycles. The average molecular weight is 245 g/mol. The molecular formula is C13H15N3O2. The highest BCUT2D eigenvalue weighted by Crippen LogP contribution is 2.13. The molecule has 18 heavy (non-hydrogen) atoms. The maximum absolute atomic E-state index is 11.8. The molecule has 2 rings (SSSR count). The molecule has 5 heteroatoms. The smallest absolute Gasteiger partial charge is 0.229 e. The van der Waals surface area contributed by atoms with E-state index < -0.39 is 0 Å². The highest BCUT2D eigenvalue weighted by atomic mass is 16.3. The van der Waals surface area contributed by atoms with Crippen LogP contribution in [0.1, 0.15) is 18.1 Å². The molecule has 0 atom stereocenters. The van der Waals surface area contributed by atoms with Gasteiger partial charge >= 0.3 is 0 Å². The van der Waals surface area contributed by atoms with Crippen LogP contribution in [0.2, 0.25) is 0 Å². The number of nitrogens with zero attached hydrogens (tertiary/aromatic N) is 1. The van der Waals surface area contributed by atoms with Crippen molar-refractivity contribution >= 4 is 11.7 Å². The first-order chi connectivity index (χ1) is 8.69. The van der Waals surface area contributed by atoms with E-state index in [0.29, 0.717) is 5.82 Å².